The van der Waals surface area contributed by atoms with Crippen LogP contribution in [0.2, 0.25) is 0 Å². The number of benzene rings is 1. The van der Waals surface area contributed by atoms with Gasteiger partial charge in [0, 0.05) is 58.0 Å². The van der Waals surface area contributed by atoms with Crippen molar-refractivity contribution >= 4 is 11.6 Å². The van der Waals surface area contributed by atoms with Crippen LogP contribution in [-0.4, -0.2) is 68.1 Å². The van der Waals surface area contributed by atoms with Gasteiger partial charge in [-0.2, -0.15) is 0 Å². The molecule has 1 aromatic rings. The minimum atomic E-state index is -0.133. The molecule has 0 aliphatic carbocycles. The van der Waals surface area contributed by atoms with E-state index in [-0.39, 0.29) is 11.9 Å². The van der Waals surface area contributed by atoms with Gasteiger partial charge in [-0.3, -0.25) is 9.69 Å². The van der Waals surface area contributed by atoms with Gasteiger partial charge in [-0.1, -0.05) is 12.1 Å². The van der Waals surface area contributed by atoms with Crippen molar-refractivity contribution in [3.8, 4) is 0 Å². The van der Waals surface area contributed by atoms with E-state index in [2.05, 4.69) is 58.1 Å². The molecule has 1 aromatic carbocycles. The van der Waals surface area contributed by atoms with E-state index < -0.39 is 0 Å². The Balaban J connectivity index is 1.83. The Bertz CT molecular complexity index is 543. The van der Waals surface area contributed by atoms with Crippen molar-refractivity contribution < 1.29 is 4.79 Å². The molecule has 2 aliphatic heterocycles. The Morgan fingerprint density at radius 2 is 1.64 bits per heavy atom. The van der Waals surface area contributed by atoms with Crippen molar-refractivity contribution in [2.75, 3.05) is 57.3 Å². The zero-order valence-corrected chi connectivity index (χ0v) is 15.7. The molecule has 25 heavy (non-hydrogen) atoms. The highest BCUT2D eigenvalue weighted by Crippen LogP contribution is 2.27. The van der Waals surface area contributed by atoms with Crippen LogP contribution in [0.3, 0.4) is 0 Å². The van der Waals surface area contributed by atoms with Gasteiger partial charge < -0.3 is 15.1 Å². The Kier molecular flexibility index (Phi) is 6.32. The number of piperazine rings is 1. The summed E-state index contributed by atoms with van der Waals surface area (Å²) in [4.78, 5) is 20.0. The van der Waals surface area contributed by atoms with Gasteiger partial charge in [0.15, 0.2) is 0 Å². The maximum absolute atomic E-state index is 13.2. The third-order valence-electron chi connectivity index (χ3n) is 5.51. The summed E-state index contributed by atoms with van der Waals surface area (Å²) >= 11 is 0. The zero-order valence-electron chi connectivity index (χ0n) is 15.7. The zero-order chi connectivity index (χ0) is 17.6. The van der Waals surface area contributed by atoms with E-state index in [1.54, 1.807) is 0 Å². The van der Waals surface area contributed by atoms with Gasteiger partial charge in [0.1, 0.15) is 6.04 Å². The van der Waals surface area contributed by atoms with E-state index in [0.29, 0.717) is 0 Å². The maximum atomic E-state index is 13.2. The lowest BCUT2D eigenvalue weighted by molar-refractivity contribution is -0.136. The predicted octanol–water partition coefficient (Wildman–Crippen LogP) is 2.10. The summed E-state index contributed by atoms with van der Waals surface area (Å²) in [5.41, 5.74) is 2.37. The number of carbonyl (C=O) groups excluding carboxylic acids is 1. The van der Waals surface area contributed by atoms with Crippen molar-refractivity contribution in [3.63, 3.8) is 0 Å². The van der Waals surface area contributed by atoms with Crippen molar-refractivity contribution in [1.29, 1.82) is 0 Å². The largest absolute Gasteiger partial charge is 0.372 e. The number of anilines is 1. The van der Waals surface area contributed by atoms with Gasteiger partial charge in [-0.15, -0.1) is 0 Å². The van der Waals surface area contributed by atoms with Crippen LogP contribution in [0.15, 0.2) is 24.3 Å². The topological polar surface area (TPSA) is 38.8 Å². The fourth-order valence-corrected chi connectivity index (χ4v) is 4.02. The summed E-state index contributed by atoms with van der Waals surface area (Å²) in [5, 5.41) is 3.40. The Labute approximate surface area is 152 Å². The van der Waals surface area contributed by atoms with Crippen LogP contribution in [0, 0.1) is 0 Å². The molecule has 1 atom stereocenters. The summed E-state index contributed by atoms with van der Waals surface area (Å²) in [5.74, 6) is 0.287. The van der Waals surface area contributed by atoms with Crippen molar-refractivity contribution in [1.82, 2.24) is 15.1 Å². The molecule has 2 saturated heterocycles. The number of carbonyl (C=O) groups is 1. The average Bonchev–Trinajstić information content (AvgIpc) is 3.20. The Morgan fingerprint density at radius 3 is 2.20 bits per heavy atom. The molecule has 0 radical (unpaired) electrons. The van der Waals surface area contributed by atoms with E-state index in [9.17, 15) is 4.79 Å². The molecular formula is C20H32N4O. The van der Waals surface area contributed by atoms with Gasteiger partial charge in [0.2, 0.25) is 5.91 Å². The molecule has 138 valence electrons. The number of nitrogens with one attached hydrogen (secondary N) is 1. The second-order valence-corrected chi connectivity index (χ2v) is 6.98. The number of amides is 1. The summed E-state index contributed by atoms with van der Waals surface area (Å²) < 4.78 is 0. The summed E-state index contributed by atoms with van der Waals surface area (Å²) in [6, 6.07) is 8.54. The lowest BCUT2D eigenvalue weighted by atomic mass is 10.0. The highest BCUT2D eigenvalue weighted by molar-refractivity contribution is 5.83. The van der Waals surface area contributed by atoms with E-state index in [4.69, 9.17) is 0 Å². The van der Waals surface area contributed by atoms with Crippen LogP contribution in [-0.2, 0) is 4.79 Å². The lowest BCUT2D eigenvalue weighted by Gasteiger charge is -2.36. The first kappa shape index (κ1) is 18.2. The molecule has 1 N–H and O–H groups in total. The molecule has 1 unspecified atom stereocenters. The smallest absolute Gasteiger partial charge is 0.244 e. The summed E-state index contributed by atoms with van der Waals surface area (Å²) in [6.07, 6.45) is 2.28. The number of hydrogen-bond donors (Lipinski definition) is 1. The fourth-order valence-electron chi connectivity index (χ4n) is 4.02. The maximum Gasteiger partial charge on any atom is 0.244 e. The SMILES string of the molecule is CCN(CC)c1ccc(C(C(=O)N2CCCC2)N2CCNCC2)cc1. The molecule has 2 heterocycles. The van der Waals surface area contributed by atoms with E-state index in [1.807, 2.05) is 0 Å². The van der Waals surface area contributed by atoms with Crippen molar-refractivity contribution in [2.24, 2.45) is 0 Å². The Hall–Kier alpha value is -1.59. The third-order valence-corrected chi connectivity index (χ3v) is 5.51. The number of likely N-dealkylation sites (tertiary alicyclic amines) is 1. The second-order valence-electron chi connectivity index (χ2n) is 6.98. The minimum Gasteiger partial charge on any atom is -0.372 e. The monoisotopic (exact) mass is 344 g/mol. The molecule has 0 saturated carbocycles. The molecule has 5 heteroatoms. The predicted molar refractivity (Wildman–Crippen MR) is 103 cm³/mol. The van der Waals surface area contributed by atoms with Gasteiger partial charge in [-0.25, -0.2) is 0 Å². The highest BCUT2D eigenvalue weighted by Gasteiger charge is 2.33. The molecule has 5 nitrogen and oxygen atoms in total. The van der Waals surface area contributed by atoms with Crippen LogP contribution >= 0.6 is 0 Å². The van der Waals surface area contributed by atoms with Gasteiger partial charge >= 0.3 is 0 Å². The van der Waals surface area contributed by atoms with Gasteiger partial charge in [-0.05, 0) is 44.4 Å². The molecule has 1 amide bonds. The Morgan fingerprint density at radius 1 is 1.04 bits per heavy atom. The van der Waals surface area contributed by atoms with Crippen molar-refractivity contribution in [2.45, 2.75) is 32.7 Å². The van der Waals surface area contributed by atoms with Gasteiger partial charge in [0.05, 0.1) is 0 Å². The van der Waals surface area contributed by atoms with Crippen LogP contribution in [0.5, 0.6) is 0 Å². The van der Waals surface area contributed by atoms with Crippen LogP contribution in [0.25, 0.3) is 0 Å². The molecule has 0 spiro atoms. The summed E-state index contributed by atoms with van der Waals surface area (Å²) in [6.45, 7) is 12.0. The van der Waals surface area contributed by atoms with Crippen LogP contribution in [0.1, 0.15) is 38.3 Å². The highest BCUT2D eigenvalue weighted by atomic mass is 16.2. The third kappa shape index (κ3) is 4.15. The number of nitrogens with zero attached hydrogens (tertiary/aromatic N) is 3. The molecule has 2 fully saturated rings. The molecular weight excluding hydrogens is 312 g/mol. The lowest BCUT2D eigenvalue weighted by Crippen LogP contribution is -2.49. The molecule has 2 aliphatic rings. The van der Waals surface area contributed by atoms with Crippen molar-refractivity contribution in [3.05, 3.63) is 29.8 Å². The number of hydrogen-bond acceptors (Lipinski definition) is 4. The summed E-state index contributed by atoms with van der Waals surface area (Å²) in [7, 11) is 0. The molecule has 0 aromatic heterocycles. The van der Waals surface area contributed by atoms with Gasteiger partial charge in [0.25, 0.3) is 0 Å². The molecule has 3 rings (SSSR count). The molecule has 0 bridgehead atoms. The fraction of sp³-hybridized carbons (Fsp3) is 0.650. The van der Waals surface area contributed by atoms with E-state index >= 15 is 0 Å². The van der Waals surface area contributed by atoms with E-state index in [0.717, 1.165) is 70.8 Å². The second kappa shape index (κ2) is 8.68. The number of rotatable bonds is 6. The standard InChI is InChI=1S/C20H32N4O/c1-3-22(4-2)18-9-7-17(8-10-18)19(23-15-11-21-12-16-23)20(25)24-13-5-6-14-24/h7-10,19,21H,3-6,11-16H2,1-2H3. The quantitative estimate of drug-likeness (QED) is 0.858. The minimum absolute atomic E-state index is 0.133. The van der Waals surface area contributed by atoms with Crippen LogP contribution in [0.4, 0.5) is 5.69 Å². The van der Waals surface area contributed by atoms with E-state index in [1.165, 1.54) is 5.69 Å². The first-order valence-corrected chi connectivity index (χ1v) is 9.83. The average molecular weight is 345 g/mol. The van der Waals surface area contributed by atoms with Crippen LogP contribution < -0.4 is 10.2 Å². The normalized spacial score (nSPS) is 19.8. The first-order chi connectivity index (χ1) is 12.2. The first-order valence-electron chi connectivity index (χ1n) is 9.83.